The molecule has 2 aromatic rings. The van der Waals surface area contributed by atoms with Crippen molar-refractivity contribution in [1.82, 2.24) is 0 Å². The van der Waals surface area contributed by atoms with Gasteiger partial charge in [0.05, 0.1) is 21.4 Å². The minimum atomic E-state index is -4.04. The van der Waals surface area contributed by atoms with Gasteiger partial charge in [-0.15, -0.1) is 0 Å². The summed E-state index contributed by atoms with van der Waals surface area (Å²) in [5.74, 6) is -6.27. The van der Waals surface area contributed by atoms with Crippen molar-refractivity contribution in [3.63, 3.8) is 0 Å². The molecule has 37 heavy (non-hydrogen) atoms. The summed E-state index contributed by atoms with van der Waals surface area (Å²) in [6, 6.07) is 4.84. The third-order valence-corrected chi connectivity index (χ3v) is 9.61. The smallest absolute Gasteiger partial charge is 0.255 e. The summed E-state index contributed by atoms with van der Waals surface area (Å²) in [4.78, 5) is 17.4. The number of hydrogen-bond acceptors (Lipinski definition) is 6. The Balaban J connectivity index is 1.57. The van der Waals surface area contributed by atoms with E-state index >= 15 is 0 Å². The average molecular weight is 557 g/mol. The number of fused-ring (bicyclic) bond motifs is 2. The number of nitrogens with zero attached hydrogens (tertiary/aromatic N) is 1. The minimum Gasteiger partial charge on any atom is -0.392 e. The molecule has 2 aliphatic rings. The van der Waals surface area contributed by atoms with Gasteiger partial charge < -0.3 is 15.3 Å². The summed E-state index contributed by atoms with van der Waals surface area (Å²) >= 11 is 6.25. The molecule has 2 aliphatic carbocycles. The first kappa shape index (κ1) is 27.2. The minimum absolute atomic E-state index is 0.0879. The molecule has 1 amide bonds. The van der Waals surface area contributed by atoms with Gasteiger partial charge in [0, 0.05) is 23.4 Å². The molecule has 12 heteroatoms. The van der Waals surface area contributed by atoms with E-state index in [1.54, 1.807) is 0 Å². The van der Waals surface area contributed by atoms with Crippen LogP contribution >= 0.6 is 11.6 Å². The molecule has 2 fully saturated rings. The predicted octanol–water partition coefficient (Wildman–Crippen LogP) is 4.89. The van der Waals surface area contributed by atoms with Crippen LogP contribution in [0.5, 0.6) is 0 Å². The van der Waals surface area contributed by atoms with Crippen molar-refractivity contribution in [2.75, 3.05) is 11.9 Å². The van der Waals surface area contributed by atoms with Crippen LogP contribution in [0.25, 0.3) is 0 Å². The molecular formula is C25H24ClF3N2O5S. The highest BCUT2D eigenvalue weighted by Crippen LogP contribution is 2.51. The van der Waals surface area contributed by atoms with Gasteiger partial charge in [0.25, 0.3) is 5.91 Å². The molecule has 0 radical (unpaired) electrons. The van der Waals surface area contributed by atoms with Crippen molar-refractivity contribution >= 4 is 39.2 Å². The zero-order valence-electron chi connectivity index (χ0n) is 19.5. The van der Waals surface area contributed by atoms with Crippen molar-refractivity contribution in [1.29, 1.82) is 0 Å². The van der Waals surface area contributed by atoms with Crippen LogP contribution in [0.3, 0.4) is 0 Å². The van der Waals surface area contributed by atoms with Crippen LogP contribution < -0.4 is 5.32 Å². The number of halogens is 4. The third-order valence-electron chi connectivity index (χ3n) is 6.73. The second kappa shape index (κ2) is 10.5. The number of anilines is 1. The Bertz CT molecular complexity index is 1330. The first-order chi connectivity index (χ1) is 17.4. The molecule has 7 nitrogen and oxygen atoms in total. The van der Waals surface area contributed by atoms with E-state index in [1.165, 1.54) is 24.4 Å². The Morgan fingerprint density at radius 1 is 1.19 bits per heavy atom. The van der Waals surface area contributed by atoms with E-state index in [2.05, 4.69) is 17.1 Å². The quantitative estimate of drug-likeness (QED) is 0.158. The summed E-state index contributed by atoms with van der Waals surface area (Å²) in [7, 11) is -4.04. The van der Waals surface area contributed by atoms with Gasteiger partial charge in [0.2, 0.25) is 0 Å². The maximum atomic E-state index is 13.7. The fraction of sp³-hybridized carbons (Fsp3) is 0.360. The highest BCUT2D eigenvalue weighted by molar-refractivity contribution is 7.92. The fourth-order valence-electron chi connectivity index (χ4n) is 5.25. The van der Waals surface area contributed by atoms with Gasteiger partial charge in [-0.05, 0) is 55.7 Å². The van der Waals surface area contributed by atoms with E-state index in [0.717, 1.165) is 6.07 Å². The molecule has 0 aromatic heterocycles. The van der Waals surface area contributed by atoms with Crippen molar-refractivity contribution in [2.45, 2.75) is 41.4 Å². The SMILES string of the molecule is C=CCO/N=C/C1(O)CC2CCC(C1)C2S(=O)(=O)c1cc(C(=O)Nc2cc(F)c(F)c(F)c2)ccc1Cl. The molecule has 0 heterocycles. The topological polar surface area (TPSA) is 105 Å². The highest BCUT2D eigenvalue weighted by Gasteiger charge is 2.54. The van der Waals surface area contributed by atoms with Crippen LogP contribution in [0.15, 0.2) is 53.0 Å². The van der Waals surface area contributed by atoms with E-state index in [9.17, 15) is 31.5 Å². The Morgan fingerprint density at radius 3 is 2.41 bits per heavy atom. The number of hydrogen-bond donors (Lipinski definition) is 2. The monoisotopic (exact) mass is 556 g/mol. The van der Waals surface area contributed by atoms with Crippen molar-refractivity contribution in [3.8, 4) is 0 Å². The van der Waals surface area contributed by atoms with E-state index in [4.69, 9.17) is 16.4 Å². The fourth-order valence-corrected chi connectivity index (χ4v) is 8.10. The summed E-state index contributed by atoms with van der Waals surface area (Å²) < 4.78 is 67.7. The van der Waals surface area contributed by atoms with Crippen molar-refractivity contribution in [2.24, 2.45) is 17.0 Å². The van der Waals surface area contributed by atoms with Gasteiger partial charge in [-0.1, -0.05) is 29.4 Å². The second-order valence-corrected chi connectivity index (χ2v) is 11.8. The first-order valence-electron chi connectivity index (χ1n) is 11.4. The van der Waals surface area contributed by atoms with E-state index in [-0.39, 0.29) is 52.5 Å². The standard InChI is InChI=1S/C25H24ClF3N2O5S/c1-2-7-36-30-13-25(33)11-15-3-4-16(12-25)23(15)37(34,35)21-8-14(5-6-18(21)26)24(32)31-17-9-19(27)22(29)20(28)10-17/h2,5-6,8-10,13,15-16,23,33H,1,3-4,7,11-12H2,(H,31,32)/b30-13+. The third kappa shape index (κ3) is 5.53. The number of amides is 1. The lowest BCUT2D eigenvalue weighted by Gasteiger charge is -2.38. The van der Waals surface area contributed by atoms with Crippen LogP contribution in [0.4, 0.5) is 18.9 Å². The lowest BCUT2D eigenvalue weighted by molar-refractivity contribution is 0.0431. The normalized spacial score (nSPS) is 25.3. The van der Waals surface area contributed by atoms with Gasteiger partial charge in [-0.25, -0.2) is 21.6 Å². The average Bonchev–Trinajstić information content (AvgIpc) is 3.13. The van der Waals surface area contributed by atoms with Gasteiger partial charge in [0.15, 0.2) is 27.3 Å². The van der Waals surface area contributed by atoms with E-state index in [0.29, 0.717) is 25.0 Å². The molecule has 2 bridgehead atoms. The second-order valence-electron chi connectivity index (χ2n) is 9.29. The van der Waals surface area contributed by atoms with Crippen LogP contribution in [0.2, 0.25) is 5.02 Å². The lowest BCUT2D eigenvalue weighted by atomic mass is 9.78. The Hall–Kier alpha value is -2.89. The molecule has 2 N–H and O–H groups in total. The molecule has 2 aromatic carbocycles. The number of carbonyl (C=O) groups excluding carboxylic acids is 1. The first-order valence-corrected chi connectivity index (χ1v) is 13.4. The van der Waals surface area contributed by atoms with Crippen molar-refractivity contribution in [3.05, 3.63) is 71.0 Å². The predicted molar refractivity (Wildman–Crippen MR) is 132 cm³/mol. The number of rotatable bonds is 8. The molecule has 0 aliphatic heterocycles. The lowest BCUT2D eigenvalue weighted by Crippen LogP contribution is -2.47. The maximum absolute atomic E-state index is 13.7. The molecule has 198 valence electrons. The number of aliphatic hydroxyl groups is 1. The molecule has 2 saturated carbocycles. The van der Waals surface area contributed by atoms with Gasteiger partial charge in [-0.2, -0.15) is 0 Å². The number of oxime groups is 1. The molecule has 2 atom stereocenters. The van der Waals surface area contributed by atoms with Crippen LogP contribution in [-0.4, -0.2) is 43.1 Å². The number of benzene rings is 2. The van der Waals surface area contributed by atoms with Crippen LogP contribution in [0.1, 0.15) is 36.0 Å². The highest BCUT2D eigenvalue weighted by atomic mass is 35.5. The van der Waals surface area contributed by atoms with E-state index in [1.807, 2.05) is 0 Å². The Labute approximate surface area is 216 Å². The Kier molecular flexibility index (Phi) is 7.68. The largest absolute Gasteiger partial charge is 0.392 e. The van der Waals surface area contributed by atoms with Gasteiger partial charge in [0.1, 0.15) is 12.2 Å². The summed E-state index contributed by atoms with van der Waals surface area (Å²) in [6.45, 7) is 3.68. The number of carbonyl (C=O) groups is 1. The summed E-state index contributed by atoms with van der Waals surface area (Å²) in [6.07, 6.45) is 4.28. The Morgan fingerprint density at radius 2 is 1.81 bits per heavy atom. The zero-order chi connectivity index (χ0) is 27.0. The van der Waals surface area contributed by atoms with Crippen LogP contribution in [-0.2, 0) is 14.7 Å². The maximum Gasteiger partial charge on any atom is 0.255 e. The summed E-state index contributed by atoms with van der Waals surface area (Å²) in [5, 5.41) is 16.0. The number of nitrogens with one attached hydrogen (secondary N) is 1. The molecule has 0 saturated heterocycles. The van der Waals surface area contributed by atoms with E-state index < -0.39 is 44.0 Å². The van der Waals surface area contributed by atoms with Gasteiger partial charge in [-0.3, -0.25) is 4.79 Å². The number of sulfone groups is 1. The zero-order valence-corrected chi connectivity index (χ0v) is 21.0. The molecular weight excluding hydrogens is 533 g/mol. The summed E-state index contributed by atoms with van der Waals surface area (Å²) in [5.41, 5.74) is -1.78. The molecule has 4 rings (SSSR count). The van der Waals surface area contributed by atoms with Gasteiger partial charge >= 0.3 is 0 Å². The molecule has 0 spiro atoms. The van der Waals surface area contributed by atoms with Crippen molar-refractivity contribution < 1.29 is 36.3 Å². The van der Waals surface area contributed by atoms with Crippen LogP contribution in [0, 0.1) is 29.3 Å². The molecule has 2 unspecified atom stereocenters.